The van der Waals surface area contributed by atoms with Crippen molar-refractivity contribution in [1.82, 2.24) is 9.55 Å². The van der Waals surface area contributed by atoms with Gasteiger partial charge in [-0.05, 0) is 55.0 Å². The van der Waals surface area contributed by atoms with Gasteiger partial charge in [-0.2, -0.15) is 0 Å². The third-order valence-corrected chi connectivity index (χ3v) is 5.59. The molecule has 1 N–H and O–H groups in total. The summed E-state index contributed by atoms with van der Waals surface area (Å²) in [6.45, 7) is 1.88. The third-order valence-electron chi connectivity index (χ3n) is 4.17. The van der Waals surface area contributed by atoms with Crippen molar-refractivity contribution in [2.45, 2.75) is 13.0 Å². The molecule has 0 aliphatic heterocycles. The van der Waals surface area contributed by atoms with Gasteiger partial charge in [0.15, 0.2) is 0 Å². The van der Waals surface area contributed by atoms with Crippen LogP contribution in [-0.4, -0.2) is 27.4 Å². The number of halogens is 1. The molecule has 0 spiro atoms. The van der Waals surface area contributed by atoms with Crippen LogP contribution in [0.5, 0.6) is 5.75 Å². The third kappa shape index (κ3) is 3.80. The lowest BCUT2D eigenvalue weighted by molar-refractivity contribution is 0.123. The van der Waals surface area contributed by atoms with Crippen LogP contribution >= 0.6 is 22.9 Å². The number of nitrogens with zero attached hydrogens (tertiary/aromatic N) is 2. The summed E-state index contributed by atoms with van der Waals surface area (Å²) in [4.78, 5) is 18.4. The van der Waals surface area contributed by atoms with E-state index < -0.39 is 6.10 Å². The Hall–Kier alpha value is -2.67. The van der Waals surface area contributed by atoms with Crippen LogP contribution in [0.1, 0.15) is 6.92 Å². The minimum atomic E-state index is -0.539. The first-order chi connectivity index (χ1) is 13.5. The molecular weight excluding hydrogens is 396 g/mol. The van der Waals surface area contributed by atoms with Gasteiger partial charge < -0.3 is 9.84 Å². The monoisotopic (exact) mass is 412 g/mol. The quantitative estimate of drug-likeness (QED) is 0.523. The Kier molecular flexibility index (Phi) is 5.17. The molecule has 0 bridgehead atoms. The van der Waals surface area contributed by atoms with E-state index in [0.717, 1.165) is 10.4 Å². The van der Waals surface area contributed by atoms with Gasteiger partial charge in [0.1, 0.15) is 23.4 Å². The molecule has 0 aliphatic carbocycles. The molecule has 0 amide bonds. The number of aliphatic hydroxyl groups is 1. The average Bonchev–Trinajstić information content (AvgIpc) is 3.13. The fourth-order valence-corrected chi connectivity index (χ4v) is 3.94. The number of aliphatic hydroxyl groups excluding tert-OH is 1. The zero-order valence-electron chi connectivity index (χ0n) is 15.0. The smallest absolute Gasteiger partial charge is 0.275 e. The van der Waals surface area contributed by atoms with E-state index in [1.54, 1.807) is 31.2 Å². The Labute approximate surface area is 170 Å². The van der Waals surface area contributed by atoms with Crippen molar-refractivity contribution in [3.63, 3.8) is 0 Å². The molecule has 7 heteroatoms. The van der Waals surface area contributed by atoms with Gasteiger partial charge >= 0.3 is 0 Å². The molecular formula is C21H17ClN2O3S. The maximum Gasteiger partial charge on any atom is 0.275 e. The van der Waals surface area contributed by atoms with Crippen LogP contribution in [0.2, 0.25) is 5.02 Å². The molecule has 4 aromatic rings. The highest BCUT2D eigenvalue weighted by Crippen LogP contribution is 2.31. The summed E-state index contributed by atoms with van der Waals surface area (Å²) in [6, 6.07) is 16.5. The second-order valence-electron chi connectivity index (χ2n) is 6.41. The lowest BCUT2D eigenvalue weighted by Gasteiger charge is -2.09. The lowest BCUT2D eigenvalue weighted by atomic mass is 10.2. The first-order valence-electron chi connectivity index (χ1n) is 8.70. The van der Waals surface area contributed by atoms with Crippen molar-refractivity contribution in [2.75, 3.05) is 6.61 Å². The first kappa shape index (κ1) is 18.7. The first-order valence-corrected chi connectivity index (χ1v) is 9.89. The van der Waals surface area contributed by atoms with Crippen molar-refractivity contribution in [3.8, 4) is 21.9 Å². The van der Waals surface area contributed by atoms with Crippen LogP contribution < -0.4 is 10.3 Å². The van der Waals surface area contributed by atoms with Crippen molar-refractivity contribution < 1.29 is 9.84 Å². The standard InChI is InChI=1S/C21H17ClN2O3S/c1-13(25)11-27-17-8-6-16(7-9-17)24-12-23-18-10-19(28-20(18)21(24)26)14-2-4-15(22)5-3-14/h2-10,12-13,25H,11H2,1H3. The molecule has 2 heterocycles. The number of hydrogen-bond acceptors (Lipinski definition) is 5. The fraction of sp³-hybridized carbons (Fsp3) is 0.143. The molecule has 142 valence electrons. The molecule has 2 aromatic carbocycles. The summed E-state index contributed by atoms with van der Waals surface area (Å²) < 4.78 is 7.57. The average molecular weight is 413 g/mol. The molecule has 0 radical (unpaired) electrons. The van der Waals surface area contributed by atoms with Gasteiger partial charge in [0, 0.05) is 9.90 Å². The predicted molar refractivity (Wildman–Crippen MR) is 113 cm³/mol. The number of thiophene rings is 1. The van der Waals surface area contributed by atoms with Gasteiger partial charge in [-0.1, -0.05) is 23.7 Å². The minimum absolute atomic E-state index is 0.118. The zero-order valence-corrected chi connectivity index (χ0v) is 16.6. The van der Waals surface area contributed by atoms with Crippen LogP contribution in [0, 0.1) is 0 Å². The topological polar surface area (TPSA) is 64.3 Å². The van der Waals surface area contributed by atoms with Crippen molar-refractivity contribution in [3.05, 3.63) is 76.3 Å². The van der Waals surface area contributed by atoms with E-state index >= 15 is 0 Å². The highest BCUT2D eigenvalue weighted by atomic mass is 35.5. The van der Waals surface area contributed by atoms with Gasteiger partial charge in [-0.15, -0.1) is 11.3 Å². The predicted octanol–water partition coefficient (Wildman–Crippen LogP) is 4.53. The second kappa shape index (κ2) is 7.75. The van der Waals surface area contributed by atoms with Gasteiger partial charge in [-0.25, -0.2) is 4.98 Å². The van der Waals surface area contributed by atoms with Crippen molar-refractivity contribution in [2.24, 2.45) is 0 Å². The molecule has 0 saturated heterocycles. The summed E-state index contributed by atoms with van der Waals surface area (Å²) in [5.74, 6) is 0.632. The minimum Gasteiger partial charge on any atom is -0.491 e. The Bertz CT molecular complexity index is 1170. The largest absolute Gasteiger partial charge is 0.491 e. The van der Waals surface area contributed by atoms with Gasteiger partial charge in [0.05, 0.1) is 17.3 Å². The van der Waals surface area contributed by atoms with E-state index in [4.69, 9.17) is 16.3 Å². The summed E-state index contributed by atoms with van der Waals surface area (Å²) >= 11 is 7.37. The summed E-state index contributed by atoms with van der Waals surface area (Å²) in [5.41, 5.74) is 2.25. The van der Waals surface area contributed by atoms with Crippen LogP contribution in [0.3, 0.4) is 0 Å². The summed E-state index contributed by atoms with van der Waals surface area (Å²) in [6.07, 6.45) is 0.997. The van der Waals surface area contributed by atoms with Gasteiger partial charge in [-0.3, -0.25) is 9.36 Å². The van der Waals surface area contributed by atoms with E-state index in [9.17, 15) is 9.90 Å². The van der Waals surface area contributed by atoms with E-state index in [-0.39, 0.29) is 12.2 Å². The zero-order chi connectivity index (χ0) is 19.7. The molecule has 5 nitrogen and oxygen atoms in total. The number of rotatable bonds is 5. The van der Waals surface area contributed by atoms with Gasteiger partial charge in [0.2, 0.25) is 0 Å². The number of aromatic nitrogens is 2. The van der Waals surface area contributed by atoms with Crippen LogP contribution in [0.25, 0.3) is 26.3 Å². The maximum absolute atomic E-state index is 13.0. The maximum atomic E-state index is 13.0. The summed E-state index contributed by atoms with van der Waals surface area (Å²) in [7, 11) is 0. The highest BCUT2D eigenvalue weighted by molar-refractivity contribution is 7.22. The molecule has 28 heavy (non-hydrogen) atoms. The van der Waals surface area contributed by atoms with E-state index in [1.165, 1.54) is 22.2 Å². The van der Waals surface area contributed by atoms with E-state index in [0.29, 0.717) is 26.7 Å². The SMILES string of the molecule is CC(O)COc1ccc(-n2cnc3cc(-c4ccc(Cl)cc4)sc3c2=O)cc1. The summed E-state index contributed by atoms with van der Waals surface area (Å²) in [5, 5.41) is 9.97. The number of fused-ring (bicyclic) bond motifs is 1. The van der Waals surface area contributed by atoms with Crippen LogP contribution in [0.4, 0.5) is 0 Å². The molecule has 0 fully saturated rings. The molecule has 0 saturated carbocycles. The Morgan fingerprint density at radius 1 is 1.18 bits per heavy atom. The number of hydrogen-bond donors (Lipinski definition) is 1. The number of benzene rings is 2. The van der Waals surface area contributed by atoms with Crippen molar-refractivity contribution in [1.29, 1.82) is 0 Å². The molecule has 0 aliphatic rings. The molecule has 2 aromatic heterocycles. The molecule has 4 rings (SSSR count). The van der Waals surface area contributed by atoms with Crippen LogP contribution in [0.15, 0.2) is 65.7 Å². The Balaban J connectivity index is 1.68. The lowest BCUT2D eigenvalue weighted by Crippen LogP contribution is -2.17. The van der Waals surface area contributed by atoms with Gasteiger partial charge in [0.25, 0.3) is 5.56 Å². The fourth-order valence-electron chi connectivity index (χ4n) is 2.77. The normalized spacial score (nSPS) is 12.2. The second-order valence-corrected chi connectivity index (χ2v) is 7.89. The van der Waals surface area contributed by atoms with Crippen LogP contribution in [-0.2, 0) is 0 Å². The Morgan fingerprint density at radius 2 is 1.89 bits per heavy atom. The molecule has 1 atom stereocenters. The Morgan fingerprint density at radius 3 is 2.57 bits per heavy atom. The number of ether oxygens (including phenoxy) is 1. The van der Waals surface area contributed by atoms with E-state index in [2.05, 4.69) is 4.98 Å². The van der Waals surface area contributed by atoms with E-state index in [1.807, 2.05) is 30.3 Å². The molecule has 1 unspecified atom stereocenters. The van der Waals surface area contributed by atoms with Crippen molar-refractivity contribution >= 4 is 33.2 Å². The highest BCUT2D eigenvalue weighted by Gasteiger charge is 2.12.